The zero-order chi connectivity index (χ0) is 37.5. The van der Waals surface area contributed by atoms with Crippen LogP contribution >= 0.6 is 7.82 Å². The molecule has 0 rings (SSSR count). The van der Waals surface area contributed by atoms with Gasteiger partial charge in [0.2, 0.25) is 0 Å². The summed E-state index contributed by atoms with van der Waals surface area (Å²) in [6.07, 6.45) is 42.1. The highest BCUT2D eigenvalue weighted by atomic mass is 31.2. The number of rotatable bonds is 40. The maximum atomic E-state index is 12.4. The summed E-state index contributed by atoms with van der Waals surface area (Å²) in [7, 11) is -4.75. The Morgan fingerprint density at radius 2 is 0.824 bits per heavy atom. The third-order valence-electron chi connectivity index (χ3n) is 9.53. The Balaban J connectivity index is 3.87. The van der Waals surface area contributed by atoms with Gasteiger partial charge in [-0.1, -0.05) is 187 Å². The zero-order valence-corrected chi connectivity index (χ0v) is 34.2. The van der Waals surface area contributed by atoms with Crippen LogP contribution in [-0.2, 0) is 28.2 Å². The molecule has 0 fully saturated rings. The molecule has 0 saturated heterocycles. The Hall–Kier alpha value is -1.21. The fourth-order valence-corrected chi connectivity index (χ4v) is 6.67. The van der Waals surface area contributed by atoms with Gasteiger partial charge in [-0.25, -0.2) is 4.57 Å². The topological polar surface area (TPSA) is 119 Å². The highest BCUT2D eigenvalue weighted by molar-refractivity contribution is 7.46. The molecule has 0 aliphatic rings. The van der Waals surface area contributed by atoms with E-state index in [1.807, 2.05) is 0 Å². The van der Waals surface area contributed by atoms with Crippen molar-refractivity contribution in [3.05, 3.63) is 12.2 Å². The molecule has 0 bridgehead atoms. The van der Waals surface area contributed by atoms with E-state index in [1.54, 1.807) is 0 Å². The van der Waals surface area contributed by atoms with Crippen molar-refractivity contribution in [3.8, 4) is 0 Å². The second kappa shape index (κ2) is 38.5. The molecular weight excluding hydrogens is 663 g/mol. The van der Waals surface area contributed by atoms with Gasteiger partial charge in [-0.2, -0.15) is 0 Å². The lowest BCUT2D eigenvalue weighted by molar-refractivity contribution is -0.161. The molecule has 0 aromatic rings. The molecule has 0 aliphatic carbocycles. The van der Waals surface area contributed by atoms with Gasteiger partial charge in [0.05, 0.1) is 6.61 Å². The summed E-state index contributed by atoms with van der Waals surface area (Å²) in [5.41, 5.74) is 0. The predicted octanol–water partition coefficient (Wildman–Crippen LogP) is 13.0. The second-order valence-electron chi connectivity index (χ2n) is 14.7. The van der Waals surface area contributed by atoms with Crippen LogP contribution in [0.1, 0.15) is 226 Å². The van der Waals surface area contributed by atoms with E-state index in [9.17, 15) is 14.2 Å². The normalized spacial score (nSPS) is 12.5. The minimum Gasteiger partial charge on any atom is -0.462 e. The first-order valence-electron chi connectivity index (χ1n) is 21.5. The molecule has 0 saturated carbocycles. The second-order valence-corrected chi connectivity index (χ2v) is 15.9. The number of phosphoric acid groups is 1. The van der Waals surface area contributed by atoms with Crippen LogP contribution in [0.3, 0.4) is 0 Å². The number of carbonyl (C=O) groups is 2. The summed E-state index contributed by atoms with van der Waals surface area (Å²) in [5, 5.41) is 0. The maximum absolute atomic E-state index is 12.4. The van der Waals surface area contributed by atoms with E-state index in [-0.39, 0.29) is 19.4 Å². The van der Waals surface area contributed by atoms with Crippen molar-refractivity contribution in [3.63, 3.8) is 0 Å². The lowest BCUT2D eigenvalue weighted by Gasteiger charge is -2.18. The van der Waals surface area contributed by atoms with Gasteiger partial charge in [0, 0.05) is 12.8 Å². The molecule has 9 heteroatoms. The summed E-state index contributed by atoms with van der Waals surface area (Å²) in [4.78, 5) is 42.9. The van der Waals surface area contributed by atoms with E-state index in [0.29, 0.717) is 6.42 Å². The molecule has 0 spiro atoms. The molecule has 8 nitrogen and oxygen atoms in total. The summed E-state index contributed by atoms with van der Waals surface area (Å²) in [6, 6.07) is 0. The van der Waals surface area contributed by atoms with Crippen LogP contribution in [0, 0.1) is 0 Å². The number of hydrogen-bond acceptors (Lipinski definition) is 6. The average molecular weight is 745 g/mol. The van der Waals surface area contributed by atoms with Crippen LogP contribution in [0.4, 0.5) is 0 Å². The Labute approximate surface area is 314 Å². The number of ether oxygens (including phenoxy) is 2. The first-order valence-corrected chi connectivity index (χ1v) is 23.0. The Bertz CT molecular complexity index is 843. The molecule has 2 N–H and O–H groups in total. The van der Waals surface area contributed by atoms with E-state index < -0.39 is 32.5 Å². The van der Waals surface area contributed by atoms with Gasteiger partial charge >= 0.3 is 19.8 Å². The highest BCUT2D eigenvalue weighted by Crippen LogP contribution is 2.36. The van der Waals surface area contributed by atoms with Crippen molar-refractivity contribution in [1.29, 1.82) is 0 Å². The predicted molar refractivity (Wildman–Crippen MR) is 212 cm³/mol. The standard InChI is InChI=1S/C42H81O8P/c1-3-5-7-9-11-13-15-17-19-21-23-25-27-29-31-33-35-37-42(44)50-40(39-49-51(45,46)47)38-48-41(43)36-34-32-30-28-26-24-22-20-18-16-14-12-10-8-6-4-2/h13,15,40H,3-12,14,16-39H2,1-2H3,(H2,45,46,47)/b15-13+/t40-/m1/s1. The molecule has 51 heavy (non-hydrogen) atoms. The van der Waals surface area contributed by atoms with Crippen LogP contribution in [0.15, 0.2) is 12.2 Å². The van der Waals surface area contributed by atoms with Crippen molar-refractivity contribution >= 4 is 19.8 Å². The van der Waals surface area contributed by atoms with Gasteiger partial charge in [0.1, 0.15) is 6.61 Å². The van der Waals surface area contributed by atoms with Crippen LogP contribution in [0.2, 0.25) is 0 Å². The summed E-state index contributed by atoms with van der Waals surface area (Å²) >= 11 is 0. The van der Waals surface area contributed by atoms with Gasteiger partial charge in [0.15, 0.2) is 6.10 Å². The third-order valence-corrected chi connectivity index (χ3v) is 10.0. The van der Waals surface area contributed by atoms with Gasteiger partial charge in [0.25, 0.3) is 0 Å². The summed E-state index contributed by atoms with van der Waals surface area (Å²) in [5.74, 6) is -0.874. The monoisotopic (exact) mass is 745 g/mol. The fourth-order valence-electron chi connectivity index (χ4n) is 6.31. The van der Waals surface area contributed by atoms with Crippen molar-refractivity contribution in [2.45, 2.75) is 232 Å². The number of carbonyl (C=O) groups excluding carboxylic acids is 2. The smallest absolute Gasteiger partial charge is 0.462 e. The third kappa shape index (κ3) is 41.4. The minimum atomic E-state index is -4.75. The highest BCUT2D eigenvalue weighted by Gasteiger charge is 2.22. The van der Waals surface area contributed by atoms with Crippen LogP contribution in [0.25, 0.3) is 0 Å². The molecule has 0 aliphatic heterocycles. The number of phosphoric ester groups is 1. The lowest BCUT2D eigenvalue weighted by Crippen LogP contribution is -2.29. The van der Waals surface area contributed by atoms with Crippen LogP contribution < -0.4 is 0 Å². The van der Waals surface area contributed by atoms with E-state index >= 15 is 0 Å². The van der Waals surface area contributed by atoms with Crippen molar-refractivity contribution in [1.82, 2.24) is 0 Å². The van der Waals surface area contributed by atoms with Gasteiger partial charge in [-0.15, -0.1) is 0 Å². The SMILES string of the molecule is CCCCCC/C=C/CCCCCCCCCCCC(=O)O[C@H](COC(=O)CCCCCCCCCCCCCCCCCC)COP(=O)(O)O. The lowest BCUT2D eigenvalue weighted by atomic mass is 10.0. The largest absolute Gasteiger partial charge is 0.469 e. The summed E-state index contributed by atoms with van der Waals surface area (Å²) in [6.45, 7) is 3.70. The molecule has 0 amide bonds. The fraction of sp³-hybridized carbons (Fsp3) is 0.905. The first-order chi connectivity index (χ1) is 24.8. The van der Waals surface area contributed by atoms with Crippen molar-refractivity contribution in [2.24, 2.45) is 0 Å². The molecule has 0 unspecified atom stereocenters. The molecule has 1 atom stereocenters. The van der Waals surface area contributed by atoms with Crippen LogP contribution in [-0.4, -0.2) is 41.0 Å². The van der Waals surface area contributed by atoms with Crippen molar-refractivity contribution < 1.29 is 37.9 Å². The minimum absolute atomic E-state index is 0.214. The molecule has 302 valence electrons. The quantitative estimate of drug-likeness (QED) is 0.0275. The number of esters is 2. The van der Waals surface area contributed by atoms with Crippen molar-refractivity contribution in [2.75, 3.05) is 13.2 Å². The molecule has 0 heterocycles. The Morgan fingerprint density at radius 3 is 1.22 bits per heavy atom. The van der Waals surface area contributed by atoms with E-state index in [4.69, 9.17) is 19.3 Å². The first kappa shape index (κ1) is 49.8. The molecule has 0 radical (unpaired) electrons. The molecule has 0 aromatic heterocycles. The van der Waals surface area contributed by atoms with E-state index in [1.165, 1.54) is 154 Å². The average Bonchev–Trinajstić information content (AvgIpc) is 3.10. The number of allylic oxidation sites excluding steroid dienone is 2. The zero-order valence-electron chi connectivity index (χ0n) is 33.3. The van der Waals surface area contributed by atoms with Crippen LogP contribution in [0.5, 0.6) is 0 Å². The number of hydrogen-bond donors (Lipinski definition) is 2. The Kier molecular flexibility index (Phi) is 37.6. The van der Waals surface area contributed by atoms with Gasteiger partial charge in [-0.3, -0.25) is 14.1 Å². The summed E-state index contributed by atoms with van der Waals surface area (Å²) < 4.78 is 26.4. The molecular formula is C42H81O8P. The number of unbranched alkanes of at least 4 members (excludes halogenated alkanes) is 28. The van der Waals surface area contributed by atoms with Gasteiger partial charge in [-0.05, 0) is 38.5 Å². The Morgan fingerprint density at radius 1 is 0.490 bits per heavy atom. The van der Waals surface area contributed by atoms with Gasteiger partial charge < -0.3 is 19.3 Å². The maximum Gasteiger partial charge on any atom is 0.469 e. The van der Waals surface area contributed by atoms with E-state index in [2.05, 4.69) is 30.5 Å². The van der Waals surface area contributed by atoms with E-state index in [0.717, 1.165) is 38.5 Å². The molecule has 0 aromatic carbocycles.